The minimum Gasteiger partial charge on any atom is -0.123 e. The molecule has 0 amide bonds. The molecule has 1 heteroatoms. The molecule has 0 heterocycles. The lowest BCUT2D eigenvalue weighted by Crippen LogP contribution is -2.28. The van der Waals surface area contributed by atoms with Crippen molar-refractivity contribution < 1.29 is 0 Å². The summed E-state index contributed by atoms with van der Waals surface area (Å²) in [6.07, 6.45) is 4.20. The lowest BCUT2D eigenvalue weighted by molar-refractivity contribution is 0.167. The highest BCUT2D eigenvalue weighted by Crippen LogP contribution is 2.38. The Kier molecular flexibility index (Phi) is 4.09. The molecule has 0 radical (unpaired) electrons. The quantitative estimate of drug-likeness (QED) is 0.585. The number of rotatable bonds is 2. The molecule has 0 aliphatic heterocycles. The zero-order valence-corrected chi connectivity index (χ0v) is 10.1. The largest absolute Gasteiger partial charge is 0.123 e. The lowest BCUT2D eigenvalue weighted by atomic mass is 9.71. The van der Waals surface area contributed by atoms with Crippen molar-refractivity contribution in [3.8, 4) is 0 Å². The van der Waals surface area contributed by atoms with E-state index in [0.29, 0.717) is 11.3 Å². The van der Waals surface area contributed by atoms with Gasteiger partial charge in [0.1, 0.15) is 0 Å². The zero-order chi connectivity index (χ0) is 10.0. The third-order valence-electron chi connectivity index (χ3n) is 3.68. The van der Waals surface area contributed by atoms with Gasteiger partial charge < -0.3 is 0 Å². The van der Waals surface area contributed by atoms with Gasteiger partial charge >= 0.3 is 0 Å². The molecule has 4 unspecified atom stereocenters. The first-order valence-electron chi connectivity index (χ1n) is 5.64. The Bertz CT molecular complexity index is 143. The van der Waals surface area contributed by atoms with E-state index < -0.39 is 0 Å². The van der Waals surface area contributed by atoms with Crippen LogP contribution in [-0.2, 0) is 0 Å². The Morgan fingerprint density at radius 2 is 1.46 bits per heavy atom. The van der Waals surface area contributed by atoms with E-state index in [1.165, 1.54) is 19.3 Å². The van der Waals surface area contributed by atoms with Crippen molar-refractivity contribution in [3.05, 3.63) is 0 Å². The lowest BCUT2D eigenvalue weighted by Gasteiger charge is -2.36. The van der Waals surface area contributed by atoms with E-state index in [1.807, 2.05) is 0 Å². The van der Waals surface area contributed by atoms with Crippen LogP contribution in [-0.4, -0.2) is 5.38 Å². The van der Waals surface area contributed by atoms with Crippen LogP contribution in [0, 0.1) is 23.7 Å². The van der Waals surface area contributed by atoms with Gasteiger partial charge in [0.25, 0.3) is 0 Å². The van der Waals surface area contributed by atoms with Crippen LogP contribution in [0.25, 0.3) is 0 Å². The molecule has 1 aliphatic rings. The molecule has 4 atom stereocenters. The van der Waals surface area contributed by atoms with Gasteiger partial charge in [-0.3, -0.25) is 0 Å². The molecule has 0 aromatic heterocycles. The molecule has 1 saturated carbocycles. The van der Waals surface area contributed by atoms with Gasteiger partial charge in [0, 0.05) is 5.38 Å². The molecular weight excluding hydrogens is 180 g/mol. The summed E-state index contributed by atoms with van der Waals surface area (Å²) in [5.74, 6) is 3.37. The van der Waals surface area contributed by atoms with Crippen molar-refractivity contribution in [2.45, 2.75) is 52.3 Å². The fraction of sp³-hybridized carbons (Fsp3) is 1.00. The fourth-order valence-corrected chi connectivity index (χ4v) is 3.02. The second-order valence-corrected chi connectivity index (χ2v) is 5.90. The van der Waals surface area contributed by atoms with Crippen molar-refractivity contribution in [2.24, 2.45) is 23.7 Å². The summed E-state index contributed by atoms with van der Waals surface area (Å²) >= 11 is 6.16. The fourth-order valence-electron chi connectivity index (χ4n) is 2.81. The predicted molar refractivity (Wildman–Crippen MR) is 60.1 cm³/mol. The average Bonchev–Trinajstić information content (AvgIpc) is 2.01. The average molecular weight is 203 g/mol. The SMILES string of the molecule is CC1CC(C)CC(C(C)C(C)Cl)C1. The summed E-state index contributed by atoms with van der Waals surface area (Å²) in [5.41, 5.74) is 0. The second-order valence-electron chi connectivity index (χ2n) is 5.21. The van der Waals surface area contributed by atoms with Crippen LogP contribution in [0.2, 0.25) is 0 Å². The van der Waals surface area contributed by atoms with Crippen molar-refractivity contribution >= 4 is 11.6 Å². The summed E-state index contributed by atoms with van der Waals surface area (Å²) in [6.45, 7) is 9.21. The molecule has 1 rings (SSSR count). The number of hydrogen-bond acceptors (Lipinski definition) is 0. The molecule has 0 spiro atoms. The summed E-state index contributed by atoms with van der Waals surface area (Å²) in [7, 11) is 0. The molecule has 0 aromatic rings. The van der Waals surface area contributed by atoms with Gasteiger partial charge in [-0.15, -0.1) is 11.6 Å². The van der Waals surface area contributed by atoms with Gasteiger partial charge in [-0.25, -0.2) is 0 Å². The first kappa shape index (κ1) is 11.4. The maximum Gasteiger partial charge on any atom is 0.0336 e. The Morgan fingerprint density at radius 1 is 1.00 bits per heavy atom. The molecule has 0 bridgehead atoms. The van der Waals surface area contributed by atoms with Crippen LogP contribution < -0.4 is 0 Å². The third-order valence-corrected chi connectivity index (χ3v) is 4.08. The topological polar surface area (TPSA) is 0 Å². The Labute approximate surface area is 88.1 Å². The third kappa shape index (κ3) is 3.16. The van der Waals surface area contributed by atoms with Crippen LogP contribution in [0.15, 0.2) is 0 Å². The maximum absolute atomic E-state index is 6.16. The Balaban J connectivity index is 2.49. The van der Waals surface area contributed by atoms with E-state index in [2.05, 4.69) is 27.7 Å². The van der Waals surface area contributed by atoms with Crippen LogP contribution in [0.3, 0.4) is 0 Å². The van der Waals surface area contributed by atoms with Gasteiger partial charge in [0.05, 0.1) is 0 Å². The van der Waals surface area contributed by atoms with Gasteiger partial charge in [-0.05, 0) is 49.9 Å². The summed E-state index contributed by atoms with van der Waals surface area (Å²) in [4.78, 5) is 0. The number of hydrogen-bond donors (Lipinski definition) is 0. The number of alkyl halides is 1. The van der Waals surface area contributed by atoms with Crippen LogP contribution in [0.1, 0.15) is 47.0 Å². The normalized spacial score (nSPS) is 39.9. The molecule has 0 saturated heterocycles. The van der Waals surface area contributed by atoms with E-state index in [-0.39, 0.29) is 0 Å². The highest BCUT2D eigenvalue weighted by molar-refractivity contribution is 6.20. The van der Waals surface area contributed by atoms with Crippen LogP contribution >= 0.6 is 11.6 Å². The second kappa shape index (κ2) is 4.68. The monoisotopic (exact) mass is 202 g/mol. The van der Waals surface area contributed by atoms with E-state index in [0.717, 1.165) is 17.8 Å². The summed E-state index contributed by atoms with van der Waals surface area (Å²) in [5, 5.41) is 0.336. The van der Waals surface area contributed by atoms with Gasteiger partial charge in [-0.2, -0.15) is 0 Å². The summed E-state index contributed by atoms with van der Waals surface area (Å²) in [6, 6.07) is 0. The first-order valence-corrected chi connectivity index (χ1v) is 6.08. The molecule has 1 aliphatic carbocycles. The molecule has 13 heavy (non-hydrogen) atoms. The van der Waals surface area contributed by atoms with Crippen molar-refractivity contribution in [3.63, 3.8) is 0 Å². The smallest absolute Gasteiger partial charge is 0.0336 e. The summed E-state index contributed by atoms with van der Waals surface area (Å²) < 4.78 is 0. The molecule has 1 fully saturated rings. The zero-order valence-electron chi connectivity index (χ0n) is 9.39. The highest BCUT2D eigenvalue weighted by atomic mass is 35.5. The molecule has 0 aromatic carbocycles. The minimum absolute atomic E-state index is 0.336. The molecule has 78 valence electrons. The van der Waals surface area contributed by atoms with Crippen LogP contribution in [0.4, 0.5) is 0 Å². The van der Waals surface area contributed by atoms with E-state index in [9.17, 15) is 0 Å². The van der Waals surface area contributed by atoms with E-state index in [1.54, 1.807) is 0 Å². The van der Waals surface area contributed by atoms with Gasteiger partial charge in [0.15, 0.2) is 0 Å². The Morgan fingerprint density at radius 3 is 1.85 bits per heavy atom. The van der Waals surface area contributed by atoms with Crippen molar-refractivity contribution in [1.29, 1.82) is 0 Å². The van der Waals surface area contributed by atoms with Gasteiger partial charge in [-0.1, -0.05) is 20.8 Å². The molecule has 0 nitrogen and oxygen atoms in total. The van der Waals surface area contributed by atoms with Gasteiger partial charge in [0.2, 0.25) is 0 Å². The minimum atomic E-state index is 0.336. The van der Waals surface area contributed by atoms with E-state index >= 15 is 0 Å². The first-order chi connectivity index (χ1) is 6.00. The van der Waals surface area contributed by atoms with E-state index in [4.69, 9.17) is 11.6 Å². The predicted octanol–water partition coefficient (Wildman–Crippen LogP) is 4.32. The maximum atomic E-state index is 6.16. The molecular formula is C12H23Cl. The van der Waals surface area contributed by atoms with Crippen molar-refractivity contribution in [2.75, 3.05) is 0 Å². The molecule has 0 N–H and O–H groups in total. The standard InChI is InChI=1S/C12H23Cl/c1-8-5-9(2)7-12(6-8)10(3)11(4)13/h8-12H,5-7H2,1-4H3. The Hall–Kier alpha value is 0.290. The highest BCUT2D eigenvalue weighted by Gasteiger charge is 2.29. The van der Waals surface area contributed by atoms with Crippen molar-refractivity contribution in [1.82, 2.24) is 0 Å². The number of halogens is 1. The van der Waals surface area contributed by atoms with Crippen LogP contribution in [0.5, 0.6) is 0 Å².